The summed E-state index contributed by atoms with van der Waals surface area (Å²) in [6.07, 6.45) is 1.81. The zero-order valence-electron chi connectivity index (χ0n) is 20.6. The van der Waals surface area contributed by atoms with Gasteiger partial charge < -0.3 is 34.3 Å². The van der Waals surface area contributed by atoms with Crippen LogP contribution in [-0.4, -0.2) is 110 Å². The number of nitrogens with zero attached hydrogens (tertiary/aromatic N) is 1. The Morgan fingerprint density at radius 2 is 1.79 bits per heavy atom. The number of aliphatic hydroxyl groups excluding tert-OH is 1. The van der Waals surface area contributed by atoms with E-state index in [1.165, 1.54) is 0 Å². The maximum Gasteiger partial charge on any atom is 0.136 e. The van der Waals surface area contributed by atoms with Crippen LogP contribution in [0.5, 0.6) is 0 Å². The van der Waals surface area contributed by atoms with Gasteiger partial charge in [-0.15, -0.1) is 0 Å². The molecule has 0 unspecified atom stereocenters. The van der Waals surface area contributed by atoms with E-state index in [4.69, 9.17) is 18.9 Å². The monoisotopic (exact) mass is 467 g/mol. The lowest BCUT2D eigenvalue weighted by Crippen LogP contribution is -2.82. The molecular formula is C25H41NO7. The first-order valence-electron chi connectivity index (χ1n) is 12.7. The molecule has 188 valence electrons. The number of hydrogen-bond acceptors (Lipinski definition) is 8. The molecule has 1 heterocycles. The van der Waals surface area contributed by atoms with Crippen molar-refractivity contribution < 1.29 is 34.3 Å². The third kappa shape index (κ3) is 2.16. The molecule has 3 N–H and O–H groups in total. The van der Waals surface area contributed by atoms with Gasteiger partial charge in [0.2, 0.25) is 0 Å². The topological polar surface area (TPSA) is 101 Å². The molecule has 6 aliphatic rings. The zero-order chi connectivity index (χ0) is 23.6. The first kappa shape index (κ1) is 23.1. The van der Waals surface area contributed by atoms with Gasteiger partial charge in [-0.2, -0.15) is 0 Å². The molecular weight excluding hydrogens is 426 g/mol. The summed E-state index contributed by atoms with van der Waals surface area (Å²) >= 11 is 0. The molecule has 8 nitrogen and oxygen atoms in total. The van der Waals surface area contributed by atoms with Crippen molar-refractivity contribution in [1.29, 1.82) is 0 Å². The van der Waals surface area contributed by atoms with Crippen LogP contribution < -0.4 is 0 Å². The third-order valence-corrected chi connectivity index (χ3v) is 11.6. The Bertz CT molecular complexity index is 814. The Labute approximate surface area is 196 Å². The Hall–Kier alpha value is -0.320. The van der Waals surface area contributed by atoms with Gasteiger partial charge in [-0.05, 0) is 31.7 Å². The SMILES string of the molecule is CCN1C[C@]2(CO)CC[C@H](OC)[C@]34[C@@H]5C[C@H]6[C@H](OC)[C@@H]5[C@](O)(C[C@@H]6OC)[C@@](O)([C@H]13)[C@@H](OC)[C@H]24. The minimum Gasteiger partial charge on any atom is -0.396 e. The van der Waals surface area contributed by atoms with Gasteiger partial charge in [0.05, 0.1) is 37.1 Å². The average molecular weight is 468 g/mol. The van der Waals surface area contributed by atoms with Crippen LogP contribution in [0.3, 0.4) is 0 Å². The molecule has 6 fully saturated rings. The van der Waals surface area contributed by atoms with Gasteiger partial charge >= 0.3 is 0 Å². The number of fused-ring (bicyclic) bond motifs is 2. The maximum absolute atomic E-state index is 13.0. The van der Waals surface area contributed by atoms with Crippen molar-refractivity contribution in [2.24, 2.45) is 34.5 Å². The first-order chi connectivity index (χ1) is 15.8. The van der Waals surface area contributed by atoms with Crippen molar-refractivity contribution >= 4 is 0 Å². The fourth-order valence-electron chi connectivity index (χ4n) is 11.0. The molecule has 0 aromatic carbocycles. The summed E-state index contributed by atoms with van der Waals surface area (Å²) in [7, 11) is 6.85. The largest absolute Gasteiger partial charge is 0.396 e. The van der Waals surface area contributed by atoms with Gasteiger partial charge in [0.15, 0.2) is 0 Å². The molecule has 1 saturated heterocycles. The molecule has 1 aliphatic heterocycles. The summed E-state index contributed by atoms with van der Waals surface area (Å²) in [5.41, 5.74) is -3.78. The van der Waals surface area contributed by atoms with Crippen LogP contribution in [0, 0.1) is 34.5 Å². The van der Waals surface area contributed by atoms with Crippen LogP contribution in [-0.2, 0) is 18.9 Å². The molecule has 5 aliphatic carbocycles. The second-order valence-corrected chi connectivity index (χ2v) is 11.8. The number of rotatable bonds is 6. The highest BCUT2D eigenvalue weighted by molar-refractivity contribution is 5.41. The van der Waals surface area contributed by atoms with Crippen molar-refractivity contribution in [2.75, 3.05) is 48.1 Å². The number of piperidine rings is 1. The number of likely N-dealkylation sites (tertiary alicyclic amines) is 1. The molecule has 33 heavy (non-hydrogen) atoms. The fourth-order valence-corrected chi connectivity index (χ4v) is 11.0. The lowest BCUT2D eigenvalue weighted by molar-refractivity contribution is -0.320. The molecule has 0 aromatic rings. The predicted octanol–water partition coefficient (Wildman–Crippen LogP) is 0.271. The zero-order valence-corrected chi connectivity index (χ0v) is 20.6. The molecule has 13 atom stereocenters. The summed E-state index contributed by atoms with van der Waals surface area (Å²) in [4.78, 5) is 2.33. The normalized spacial score (nSPS) is 60.9. The number of likely N-dealkylation sites (N-methyl/N-ethyl adjacent to an activating group) is 1. The van der Waals surface area contributed by atoms with Crippen molar-refractivity contribution in [2.45, 2.75) is 74.3 Å². The van der Waals surface area contributed by atoms with Crippen molar-refractivity contribution in [3.8, 4) is 0 Å². The van der Waals surface area contributed by atoms with Crippen molar-refractivity contribution in [1.82, 2.24) is 4.90 Å². The van der Waals surface area contributed by atoms with Gasteiger partial charge in [-0.3, -0.25) is 4.90 Å². The van der Waals surface area contributed by atoms with Gasteiger partial charge in [0.25, 0.3) is 0 Å². The van der Waals surface area contributed by atoms with E-state index in [9.17, 15) is 15.3 Å². The minimum atomic E-state index is -1.52. The molecule has 0 radical (unpaired) electrons. The van der Waals surface area contributed by atoms with E-state index >= 15 is 0 Å². The van der Waals surface area contributed by atoms with E-state index in [0.29, 0.717) is 13.0 Å². The summed E-state index contributed by atoms with van der Waals surface area (Å²) in [5, 5.41) is 36.6. The standard InChI is InChI=1S/C25H41NO7/c1-6-26-11-22(12-27)8-7-16(31-3)24-14-9-13-15(30-2)10-23(28,17(14)18(13)32-4)25(29,21(24)26)20(33-5)19(22)24/h13-21,27-29H,6-12H2,1-5H3/t13-,14-,15+,16+,17-,18+,19-,20+,21-,22+,23-,24+,25+/m1/s1. The summed E-state index contributed by atoms with van der Waals surface area (Å²) in [6, 6.07) is -0.312. The minimum absolute atomic E-state index is 0.0443. The Morgan fingerprint density at radius 1 is 1.03 bits per heavy atom. The Morgan fingerprint density at radius 3 is 2.36 bits per heavy atom. The van der Waals surface area contributed by atoms with Crippen LogP contribution in [0.15, 0.2) is 0 Å². The van der Waals surface area contributed by atoms with Crippen molar-refractivity contribution in [3.05, 3.63) is 0 Å². The number of hydrogen-bond donors (Lipinski definition) is 3. The molecule has 0 aromatic heterocycles. The van der Waals surface area contributed by atoms with E-state index in [1.54, 1.807) is 28.4 Å². The van der Waals surface area contributed by atoms with E-state index < -0.39 is 28.1 Å². The highest BCUT2D eigenvalue weighted by Gasteiger charge is 2.91. The summed E-state index contributed by atoms with van der Waals surface area (Å²) < 4.78 is 24.5. The highest BCUT2D eigenvalue weighted by atomic mass is 16.5. The van der Waals surface area contributed by atoms with Gasteiger partial charge in [0, 0.05) is 70.0 Å². The molecule has 5 saturated carbocycles. The Kier molecular flexibility index (Phi) is 4.99. The summed E-state index contributed by atoms with van der Waals surface area (Å²) in [6.45, 7) is 3.59. The quantitative estimate of drug-likeness (QED) is 0.512. The molecule has 6 rings (SSSR count). The highest BCUT2D eigenvalue weighted by Crippen LogP contribution is 2.80. The van der Waals surface area contributed by atoms with Crippen LogP contribution in [0.2, 0.25) is 0 Å². The smallest absolute Gasteiger partial charge is 0.136 e. The lowest BCUT2D eigenvalue weighted by atomic mass is 9.42. The average Bonchev–Trinajstić information content (AvgIpc) is 3.24. The number of methoxy groups -OCH3 is 4. The van der Waals surface area contributed by atoms with Crippen molar-refractivity contribution in [3.63, 3.8) is 0 Å². The molecule has 7 bridgehead atoms. The number of ether oxygens (including phenoxy) is 4. The van der Waals surface area contributed by atoms with Crippen LogP contribution >= 0.6 is 0 Å². The molecule has 0 amide bonds. The lowest BCUT2D eigenvalue weighted by Gasteiger charge is -2.70. The first-order valence-corrected chi connectivity index (χ1v) is 12.7. The molecule has 8 heteroatoms. The van der Waals surface area contributed by atoms with Crippen LogP contribution in [0.25, 0.3) is 0 Å². The van der Waals surface area contributed by atoms with E-state index in [1.807, 2.05) is 0 Å². The summed E-state index contributed by atoms with van der Waals surface area (Å²) in [5.74, 6) is -0.0916. The van der Waals surface area contributed by atoms with Gasteiger partial charge in [-0.1, -0.05) is 6.92 Å². The predicted molar refractivity (Wildman–Crippen MR) is 119 cm³/mol. The van der Waals surface area contributed by atoms with Crippen LogP contribution in [0.1, 0.15) is 32.6 Å². The fraction of sp³-hybridized carbons (Fsp3) is 1.00. The van der Waals surface area contributed by atoms with E-state index in [0.717, 1.165) is 25.8 Å². The second kappa shape index (κ2) is 7.13. The van der Waals surface area contributed by atoms with Gasteiger partial charge in [-0.25, -0.2) is 0 Å². The van der Waals surface area contributed by atoms with Crippen LogP contribution in [0.4, 0.5) is 0 Å². The second-order valence-electron chi connectivity index (χ2n) is 11.8. The Balaban J connectivity index is 1.68. The maximum atomic E-state index is 13.0. The number of aliphatic hydroxyl groups is 3. The molecule has 1 spiro atoms. The van der Waals surface area contributed by atoms with E-state index in [-0.39, 0.29) is 54.6 Å². The third-order valence-electron chi connectivity index (χ3n) is 11.6. The van der Waals surface area contributed by atoms with Gasteiger partial charge in [0.1, 0.15) is 11.2 Å². The van der Waals surface area contributed by atoms with E-state index in [2.05, 4.69) is 11.8 Å².